The average Bonchev–Trinajstić information content (AvgIpc) is 2.99. The van der Waals surface area contributed by atoms with E-state index < -0.39 is 29.7 Å². The van der Waals surface area contributed by atoms with Crippen molar-refractivity contribution >= 4 is 11.9 Å². The molecule has 3 fully saturated rings. The average molecular weight is 460 g/mol. The lowest BCUT2D eigenvalue weighted by Crippen LogP contribution is -2.63. The third-order valence-electron chi connectivity index (χ3n) is 9.66. The van der Waals surface area contributed by atoms with Gasteiger partial charge in [-0.3, -0.25) is 4.79 Å². The molecule has 10 atom stereocenters. The molecule has 1 aliphatic heterocycles. The minimum atomic E-state index is -1.70. The van der Waals surface area contributed by atoms with Gasteiger partial charge in [0.25, 0.3) is 0 Å². The molecule has 10 unspecified atom stereocenters. The number of hydrogen-bond acceptors (Lipinski definition) is 5. The summed E-state index contributed by atoms with van der Waals surface area (Å²) in [6, 6.07) is 0.130. The fraction of sp³-hybridized carbons (Fsp3) is 0.778. The normalized spacial score (nSPS) is 49.1. The molecule has 0 aromatic heterocycles. The highest BCUT2D eigenvalue weighted by atomic mass is 16.6. The summed E-state index contributed by atoms with van der Waals surface area (Å²) < 4.78 is 5.37. The molecule has 6 nitrogen and oxygen atoms in total. The first-order valence-electron chi connectivity index (χ1n) is 12.5. The van der Waals surface area contributed by atoms with Crippen LogP contribution in [0.1, 0.15) is 67.2 Å². The molecule has 0 bridgehead atoms. The number of fused-ring (bicyclic) bond motifs is 3. The van der Waals surface area contributed by atoms with E-state index in [9.17, 15) is 19.8 Å². The number of nitrogens with one attached hydrogen (secondary N) is 1. The SMILES string of the molecule is C=C1C2CC3C(C(C)C)C(NC(C)=O)CC3(C)CC2/C(C)=C\CC2C(C)OC(=O)C(O)C12O. The van der Waals surface area contributed by atoms with Crippen LogP contribution < -0.4 is 5.32 Å². The minimum absolute atomic E-state index is 0.00869. The number of hydrogen-bond donors (Lipinski definition) is 3. The van der Waals surface area contributed by atoms with Gasteiger partial charge in [-0.05, 0) is 80.1 Å². The van der Waals surface area contributed by atoms with Crippen molar-refractivity contribution in [3.05, 3.63) is 23.8 Å². The van der Waals surface area contributed by atoms with Gasteiger partial charge in [0.2, 0.25) is 5.91 Å². The van der Waals surface area contributed by atoms with Crippen molar-refractivity contribution in [1.82, 2.24) is 5.32 Å². The second-order valence-electron chi connectivity index (χ2n) is 11.9. The lowest BCUT2D eigenvalue weighted by atomic mass is 9.53. The molecule has 0 aromatic rings. The van der Waals surface area contributed by atoms with Crippen LogP contribution in [0.5, 0.6) is 0 Å². The molecule has 4 aliphatic rings. The smallest absolute Gasteiger partial charge is 0.338 e. The molecule has 0 radical (unpaired) electrons. The van der Waals surface area contributed by atoms with E-state index >= 15 is 0 Å². The van der Waals surface area contributed by atoms with E-state index in [0.29, 0.717) is 29.7 Å². The van der Waals surface area contributed by atoms with Gasteiger partial charge in [-0.25, -0.2) is 4.79 Å². The highest BCUT2D eigenvalue weighted by Crippen LogP contribution is 2.63. The van der Waals surface area contributed by atoms with E-state index in [-0.39, 0.29) is 29.2 Å². The summed E-state index contributed by atoms with van der Waals surface area (Å²) >= 11 is 0. The number of allylic oxidation sites excluding steroid dienone is 2. The van der Waals surface area contributed by atoms with Crippen LogP contribution in [0.3, 0.4) is 0 Å². The third kappa shape index (κ3) is 3.68. The Morgan fingerprint density at radius 2 is 1.94 bits per heavy atom. The number of aliphatic hydroxyl groups is 2. The fourth-order valence-electron chi connectivity index (χ4n) is 8.11. The van der Waals surface area contributed by atoms with Crippen molar-refractivity contribution in [3.8, 4) is 0 Å². The number of esters is 1. The van der Waals surface area contributed by atoms with Crippen LogP contribution in [-0.4, -0.2) is 45.9 Å². The lowest BCUT2D eigenvalue weighted by Gasteiger charge is -2.54. The van der Waals surface area contributed by atoms with Crippen molar-refractivity contribution in [2.75, 3.05) is 0 Å². The van der Waals surface area contributed by atoms with Gasteiger partial charge in [0.15, 0.2) is 6.10 Å². The number of carbonyl (C=O) groups is 2. The van der Waals surface area contributed by atoms with E-state index in [0.717, 1.165) is 19.3 Å². The number of rotatable bonds is 2. The monoisotopic (exact) mass is 459 g/mol. The standard InChI is InChI=1S/C27H41NO5/c1-13(2)23-21-10-18-15(4)27(32)20(16(5)33-25(31)24(27)30)9-8-14(3)19(18)11-26(21,7)12-22(23)28-17(6)29/h8,13,16,18-24,30,32H,4,9-12H2,1-3,5-7H3,(H,28,29)/b14-8-. The Hall–Kier alpha value is -1.66. The first-order valence-corrected chi connectivity index (χ1v) is 12.5. The summed E-state index contributed by atoms with van der Waals surface area (Å²) in [5.41, 5.74) is 0.224. The first-order chi connectivity index (χ1) is 15.3. The minimum Gasteiger partial charge on any atom is -0.460 e. The molecule has 1 saturated heterocycles. The number of aliphatic hydroxyl groups excluding tert-OH is 1. The van der Waals surface area contributed by atoms with Gasteiger partial charge in [-0.2, -0.15) is 0 Å². The van der Waals surface area contributed by atoms with Crippen LogP contribution in [0.4, 0.5) is 0 Å². The van der Waals surface area contributed by atoms with E-state index in [2.05, 4.69) is 45.7 Å². The molecule has 3 N–H and O–H groups in total. The van der Waals surface area contributed by atoms with Crippen LogP contribution in [0.15, 0.2) is 23.8 Å². The number of ether oxygens (including phenoxy) is 1. The van der Waals surface area contributed by atoms with Crippen molar-refractivity contribution in [2.24, 2.45) is 40.9 Å². The van der Waals surface area contributed by atoms with E-state index in [1.54, 1.807) is 13.8 Å². The summed E-state index contributed by atoms with van der Waals surface area (Å²) in [4.78, 5) is 24.4. The van der Waals surface area contributed by atoms with Crippen molar-refractivity contribution < 1.29 is 24.5 Å². The van der Waals surface area contributed by atoms with Crippen LogP contribution in [0, 0.1) is 40.9 Å². The van der Waals surface area contributed by atoms with Gasteiger partial charge in [0, 0.05) is 18.9 Å². The fourth-order valence-corrected chi connectivity index (χ4v) is 8.11. The van der Waals surface area contributed by atoms with Crippen molar-refractivity contribution in [2.45, 2.75) is 91.1 Å². The molecule has 3 aliphatic carbocycles. The quantitative estimate of drug-likeness (QED) is 0.435. The van der Waals surface area contributed by atoms with E-state index in [4.69, 9.17) is 4.74 Å². The maximum Gasteiger partial charge on any atom is 0.338 e. The van der Waals surface area contributed by atoms with Gasteiger partial charge in [0.1, 0.15) is 11.7 Å². The zero-order valence-electron chi connectivity index (χ0n) is 20.9. The molecule has 0 aromatic carbocycles. The van der Waals surface area contributed by atoms with Gasteiger partial charge in [0.05, 0.1) is 0 Å². The van der Waals surface area contributed by atoms with Crippen molar-refractivity contribution in [3.63, 3.8) is 0 Å². The third-order valence-corrected chi connectivity index (χ3v) is 9.66. The van der Waals surface area contributed by atoms with E-state index in [1.807, 2.05) is 0 Å². The number of amides is 1. The maximum absolute atomic E-state index is 12.4. The molecule has 1 amide bonds. The van der Waals surface area contributed by atoms with Crippen LogP contribution >= 0.6 is 0 Å². The predicted molar refractivity (Wildman–Crippen MR) is 126 cm³/mol. The summed E-state index contributed by atoms with van der Waals surface area (Å²) in [7, 11) is 0. The Bertz CT molecular complexity index is 880. The summed E-state index contributed by atoms with van der Waals surface area (Å²) in [5.74, 6) is 0.0280. The Balaban J connectivity index is 1.76. The summed E-state index contributed by atoms with van der Waals surface area (Å²) in [6.07, 6.45) is 3.29. The first kappa shape index (κ1) is 24.5. The second kappa shape index (κ2) is 8.23. The Morgan fingerprint density at radius 1 is 1.27 bits per heavy atom. The molecular weight excluding hydrogens is 418 g/mol. The lowest BCUT2D eigenvalue weighted by molar-refractivity contribution is -0.209. The molecule has 4 rings (SSSR count). The van der Waals surface area contributed by atoms with Gasteiger partial charge in [-0.15, -0.1) is 0 Å². The zero-order valence-corrected chi connectivity index (χ0v) is 20.9. The summed E-state index contributed by atoms with van der Waals surface area (Å²) in [6.45, 7) is 16.7. The van der Waals surface area contributed by atoms with Gasteiger partial charge >= 0.3 is 5.97 Å². The largest absolute Gasteiger partial charge is 0.460 e. The Labute approximate surface area is 197 Å². The highest BCUT2D eigenvalue weighted by Gasteiger charge is 2.62. The molecule has 33 heavy (non-hydrogen) atoms. The van der Waals surface area contributed by atoms with Gasteiger partial charge in [-0.1, -0.05) is 39.0 Å². The topological polar surface area (TPSA) is 95.9 Å². The molecule has 0 spiro atoms. The molecule has 6 heteroatoms. The van der Waals surface area contributed by atoms with Crippen LogP contribution in [0.2, 0.25) is 0 Å². The maximum atomic E-state index is 12.4. The van der Waals surface area contributed by atoms with Crippen LogP contribution in [-0.2, 0) is 14.3 Å². The summed E-state index contributed by atoms with van der Waals surface area (Å²) in [5, 5.41) is 26.0. The predicted octanol–water partition coefficient (Wildman–Crippen LogP) is 3.38. The highest BCUT2D eigenvalue weighted by molar-refractivity contribution is 5.78. The van der Waals surface area contributed by atoms with Gasteiger partial charge < -0.3 is 20.3 Å². The molecule has 184 valence electrons. The second-order valence-corrected chi connectivity index (χ2v) is 11.9. The van der Waals surface area contributed by atoms with Crippen molar-refractivity contribution in [1.29, 1.82) is 0 Å². The molecular formula is C27H41NO5. The van der Waals surface area contributed by atoms with Crippen LogP contribution in [0.25, 0.3) is 0 Å². The number of carbonyl (C=O) groups excluding carboxylic acids is 2. The molecule has 2 saturated carbocycles. The Kier molecular flexibility index (Phi) is 6.10. The zero-order chi connectivity index (χ0) is 24.5. The Morgan fingerprint density at radius 3 is 2.55 bits per heavy atom. The molecule has 1 heterocycles. The number of cyclic esters (lactones) is 1. The van der Waals surface area contributed by atoms with E-state index in [1.165, 1.54) is 5.57 Å².